The van der Waals surface area contributed by atoms with Gasteiger partial charge in [-0.25, -0.2) is 0 Å². The van der Waals surface area contributed by atoms with Crippen molar-refractivity contribution < 1.29 is 9.84 Å². The van der Waals surface area contributed by atoms with Crippen molar-refractivity contribution >= 4 is 28.7 Å². The number of anilines is 2. The van der Waals surface area contributed by atoms with Crippen molar-refractivity contribution in [2.75, 3.05) is 17.7 Å². The summed E-state index contributed by atoms with van der Waals surface area (Å²) in [6.45, 7) is 0. The summed E-state index contributed by atoms with van der Waals surface area (Å²) in [4.78, 5) is 0. The summed E-state index contributed by atoms with van der Waals surface area (Å²) in [5.74, 6) is 0.871. The van der Waals surface area contributed by atoms with E-state index >= 15 is 0 Å². The number of aromatic hydroxyl groups is 1. The van der Waals surface area contributed by atoms with Crippen molar-refractivity contribution in [2.45, 2.75) is 0 Å². The summed E-state index contributed by atoms with van der Waals surface area (Å²) in [5.41, 5.74) is 3.64. The van der Waals surface area contributed by atoms with E-state index in [1.54, 1.807) is 25.3 Å². The zero-order chi connectivity index (χ0) is 17.6. The summed E-state index contributed by atoms with van der Waals surface area (Å²) < 4.78 is 5.42. The molecule has 0 spiro atoms. The monoisotopic (exact) mass is 350 g/mol. The molecule has 0 radical (unpaired) electrons. The van der Waals surface area contributed by atoms with Crippen LogP contribution in [0.1, 0.15) is 0 Å². The zero-order valence-electron chi connectivity index (χ0n) is 13.7. The third-order valence-electron chi connectivity index (χ3n) is 3.66. The minimum absolute atomic E-state index is 0.177. The molecule has 5 heteroatoms. The minimum Gasteiger partial charge on any atom is -0.508 e. The third-order valence-corrected chi connectivity index (χ3v) is 3.86. The van der Waals surface area contributed by atoms with E-state index in [-0.39, 0.29) is 5.75 Å². The Morgan fingerprint density at radius 3 is 2.40 bits per heavy atom. The topological polar surface area (TPSA) is 53.5 Å². The molecular weight excluding hydrogens is 332 g/mol. The van der Waals surface area contributed by atoms with E-state index in [2.05, 4.69) is 22.8 Å². The molecule has 0 heterocycles. The predicted octanol–water partition coefficient (Wildman–Crippen LogP) is 4.88. The van der Waals surface area contributed by atoms with Crippen molar-refractivity contribution in [3.05, 3.63) is 72.8 Å². The maximum absolute atomic E-state index is 9.54. The molecule has 0 aromatic heterocycles. The molecule has 0 amide bonds. The molecule has 0 aliphatic rings. The second-order valence-corrected chi connectivity index (χ2v) is 5.82. The number of nitrogens with one attached hydrogen (secondary N) is 2. The number of hydrogen-bond acceptors (Lipinski definition) is 3. The van der Waals surface area contributed by atoms with Crippen molar-refractivity contribution in [1.29, 1.82) is 0 Å². The molecule has 0 bridgehead atoms. The fourth-order valence-electron chi connectivity index (χ4n) is 2.48. The molecule has 4 nitrogen and oxygen atoms in total. The van der Waals surface area contributed by atoms with Crippen LogP contribution in [0, 0.1) is 0 Å². The van der Waals surface area contributed by atoms with Gasteiger partial charge in [-0.3, -0.25) is 0 Å². The van der Waals surface area contributed by atoms with Crippen LogP contribution in [0.5, 0.6) is 11.5 Å². The Hall–Kier alpha value is -3.05. The molecule has 3 aromatic carbocycles. The predicted molar refractivity (Wildman–Crippen MR) is 106 cm³/mol. The van der Waals surface area contributed by atoms with Gasteiger partial charge in [-0.2, -0.15) is 0 Å². The Morgan fingerprint density at radius 2 is 1.68 bits per heavy atom. The summed E-state index contributed by atoms with van der Waals surface area (Å²) in [7, 11) is 1.62. The molecule has 0 aliphatic heterocycles. The van der Waals surface area contributed by atoms with Crippen LogP contribution < -0.4 is 15.4 Å². The molecule has 0 saturated heterocycles. The van der Waals surface area contributed by atoms with Crippen LogP contribution in [0.3, 0.4) is 0 Å². The van der Waals surface area contributed by atoms with E-state index in [1.165, 1.54) is 0 Å². The number of benzene rings is 3. The Morgan fingerprint density at radius 1 is 0.880 bits per heavy atom. The average Bonchev–Trinajstić information content (AvgIpc) is 2.62. The Balaban J connectivity index is 1.81. The maximum Gasteiger partial charge on any atom is 0.175 e. The first kappa shape index (κ1) is 16.8. The lowest BCUT2D eigenvalue weighted by atomic mass is 10.0. The molecule has 3 rings (SSSR count). The largest absolute Gasteiger partial charge is 0.508 e. The van der Waals surface area contributed by atoms with Crippen molar-refractivity contribution in [1.82, 2.24) is 0 Å². The summed E-state index contributed by atoms with van der Waals surface area (Å²) in [6, 6.07) is 22.8. The van der Waals surface area contributed by atoms with Crippen molar-refractivity contribution in [2.24, 2.45) is 0 Å². The van der Waals surface area contributed by atoms with Crippen LogP contribution in [-0.2, 0) is 0 Å². The number of hydrogen-bond donors (Lipinski definition) is 3. The molecule has 0 fully saturated rings. The van der Waals surface area contributed by atoms with Gasteiger partial charge >= 0.3 is 0 Å². The first-order valence-corrected chi connectivity index (χ1v) is 8.17. The minimum atomic E-state index is 0.177. The van der Waals surface area contributed by atoms with E-state index in [0.717, 1.165) is 16.8 Å². The van der Waals surface area contributed by atoms with Gasteiger partial charge in [-0.05, 0) is 47.6 Å². The smallest absolute Gasteiger partial charge is 0.175 e. The lowest BCUT2D eigenvalue weighted by Gasteiger charge is -2.15. The highest BCUT2D eigenvalue weighted by atomic mass is 32.1. The number of phenolic OH excluding ortho intramolecular Hbond substituents is 1. The van der Waals surface area contributed by atoms with Crippen LogP contribution >= 0.6 is 12.2 Å². The fourth-order valence-corrected chi connectivity index (χ4v) is 2.71. The molecule has 25 heavy (non-hydrogen) atoms. The normalized spacial score (nSPS) is 10.1. The molecule has 3 N–H and O–H groups in total. The average molecular weight is 350 g/mol. The molecule has 0 unspecified atom stereocenters. The highest BCUT2D eigenvalue weighted by Crippen LogP contribution is 2.30. The molecule has 0 aliphatic carbocycles. The van der Waals surface area contributed by atoms with E-state index in [4.69, 9.17) is 17.0 Å². The molecule has 126 valence electrons. The van der Waals surface area contributed by atoms with Gasteiger partial charge in [0.05, 0.1) is 12.8 Å². The van der Waals surface area contributed by atoms with Crippen LogP contribution in [0.4, 0.5) is 11.4 Å². The van der Waals surface area contributed by atoms with Gasteiger partial charge in [0.1, 0.15) is 11.5 Å². The molecule has 0 atom stereocenters. The third kappa shape index (κ3) is 4.28. The van der Waals surface area contributed by atoms with Crippen molar-refractivity contribution in [3.63, 3.8) is 0 Å². The van der Waals surface area contributed by atoms with Gasteiger partial charge in [-0.15, -0.1) is 0 Å². The second-order valence-electron chi connectivity index (χ2n) is 5.41. The Bertz CT molecular complexity index is 882. The van der Waals surface area contributed by atoms with Gasteiger partial charge in [0.25, 0.3) is 0 Å². The summed E-state index contributed by atoms with van der Waals surface area (Å²) in [5, 5.41) is 16.1. The van der Waals surface area contributed by atoms with Gasteiger partial charge in [0.15, 0.2) is 5.11 Å². The van der Waals surface area contributed by atoms with Gasteiger partial charge < -0.3 is 20.5 Å². The van der Waals surface area contributed by atoms with E-state index in [9.17, 15) is 5.11 Å². The van der Waals surface area contributed by atoms with Crippen LogP contribution in [0.2, 0.25) is 0 Å². The lowest BCUT2D eigenvalue weighted by Crippen LogP contribution is -2.19. The lowest BCUT2D eigenvalue weighted by molar-refractivity contribution is 0.417. The van der Waals surface area contributed by atoms with Gasteiger partial charge in [0, 0.05) is 11.8 Å². The zero-order valence-corrected chi connectivity index (χ0v) is 14.5. The number of phenols is 1. The SMILES string of the molecule is COc1ccc(-c2ccccc2)cc1NC(=S)Nc1cccc(O)c1. The Kier molecular flexibility index (Phi) is 5.16. The van der Waals surface area contributed by atoms with Crippen LogP contribution in [-0.4, -0.2) is 17.3 Å². The second kappa shape index (κ2) is 7.68. The molecule has 3 aromatic rings. The first-order valence-electron chi connectivity index (χ1n) is 7.76. The highest BCUT2D eigenvalue weighted by Gasteiger charge is 2.08. The van der Waals surface area contributed by atoms with E-state index in [0.29, 0.717) is 16.5 Å². The standard InChI is InChI=1S/C20H18N2O2S/c1-24-19-11-10-15(14-6-3-2-4-7-14)12-18(19)22-20(25)21-16-8-5-9-17(23)13-16/h2-13,23H,1H3,(H2,21,22,25). The van der Waals surface area contributed by atoms with Gasteiger partial charge in [-0.1, -0.05) is 42.5 Å². The quantitative estimate of drug-likeness (QED) is 0.586. The van der Waals surface area contributed by atoms with E-state index in [1.807, 2.05) is 42.5 Å². The number of thiocarbonyl (C=S) groups is 1. The van der Waals surface area contributed by atoms with E-state index < -0.39 is 0 Å². The fraction of sp³-hybridized carbons (Fsp3) is 0.0500. The van der Waals surface area contributed by atoms with Crippen LogP contribution in [0.25, 0.3) is 11.1 Å². The van der Waals surface area contributed by atoms with Crippen molar-refractivity contribution in [3.8, 4) is 22.6 Å². The summed E-state index contributed by atoms with van der Waals surface area (Å²) >= 11 is 5.37. The maximum atomic E-state index is 9.54. The summed E-state index contributed by atoms with van der Waals surface area (Å²) in [6.07, 6.45) is 0. The van der Waals surface area contributed by atoms with Gasteiger partial charge in [0.2, 0.25) is 0 Å². The molecular formula is C20H18N2O2S. The van der Waals surface area contributed by atoms with Crippen LogP contribution in [0.15, 0.2) is 72.8 Å². The first-order chi connectivity index (χ1) is 12.2. The molecule has 0 saturated carbocycles. The number of methoxy groups -OCH3 is 1. The Labute approximate surface area is 152 Å². The number of rotatable bonds is 4. The highest BCUT2D eigenvalue weighted by molar-refractivity contribution is 7.80. The number of ether oxygens (including phenoxy) is 1.